The highest BCUT2D eigenvalue weighted by molar-refractivity contribution is 6.30. The Labute approximate surface area is 202 Å². The van der Waals surface area contributed by atoms with Gasteiger partial charge in [-0.3, -0.25) is 14.4 Å². The van der Waals surface area contributed by atoms with E-state index < -0.39 is 41.5 Å². The molecule has 3 aliphatic rings. The van der Waals surface area contributed by atoms with Gasteiger partial charge < -0.3 is 25.4 Å². The maximum absolute atomic E-state index is 13.9. The minimum Gasteiger partial charge on any atom is -0.394 e. The second kappa shape index (κ2) is 8.69. The van der Waals surface area contributed by atoms with Crippen LogP contribution < -0.4 is 10.6 Å². The van der Waals surface area contributed by atoms with Gasteiger partial charge in [0.25, 0.3) is 0 Å². The highest BCUT2D eigenvalue weighted by Gasteiger charge is 2.75. The summed E-state index contributed by atoms with van der Waals surface area (Å²) < 4.78 is 6.35. The lowest BCUT2D eigenvalue weighted by molar-refractivity contribution is -0.144. The van der Waals surface area contributed by atoms with Crippen molar-refractivity contribution >= 4 is 35.0 Å². The molecule has 0 aromatic heterocycles. The number of hydrogen-bond acceptors (Lipinski definition) is 5. The zero-order chi connectivity index (χ0) is 24.0. The molecular formula is C25H26ClN3O5. The topological polar surface area (TPSA) is 108 Å². The molecule has 2 aromatic carbocycles. The summed E-state index contributed by atoms with van der Waals surface area (Å²) in [5, 5.41) is 16.4. The van der Waals surface area contributed by atoms with Crippen LogP contribution in [-0.4, -0.2) is 59.1 Å². The molecule has 2 unspecified atom stereocenters. The highest BCUT2D eigenvalue weighted by atomic mass is 35.5. The lowest BCUT2D eigenvalue weighted by Gasteiger charge is -2.36. The molecule has 178 valence electrons. The predicted molar refractivity (Wildman–Crippen MR) is 125 cm³/mol. The van der Waals surface area contributed by atoms with Gasteiger partial charge in [0.15, 0.2) is 0 Å². The molecule has 3 fully saturated rings. The Kier molecular flexibility index (Phi) is 5.83. The molecule has 0 radical (unpaired) electrons. The molecule has 2 aromatic rings. The molecule has 3 aliphatic heterocycles. The minimum absolute atomic E-state index is 0.274. The summed E-state index contributed by atoms with van der Waals surface area (Å²) in [5.41, 5.74) is 0.0832. The number of nitrogens with zero attached hydrogens (tertiary/aromatic N) is 1. The van der Waals surface area contributed by atoms with Crippen LogP contribution in [0.1, 0.15) is 24.4 Å². The van der Waals surface area contributed by atoms with Gasteiger partial charge in [0.05, 0.1) is 30.6 Å². The molecule has 9 heteroatoms. The Morgan fingerprint density at radius 3 is 2.53 bits per heavy atom. The van der Waals surface area contributed by atoms with Crippen molar-refractivity contribution in [2.24, 2.45) is 11.8 Å². The lowest BCUT2D eigenvalue weighted by Crippen LogP contribution is -2.54. The summed E-state index contributed by atoms with van der Waals surface area (Å²) in [6.07, 6.45) is 0.630. The van der Waals surface area contributed by atoms with Gasteiger partial charge in [0, 0.05) is 17.8 Å². The van der Waals surface area contributed by atoms with E-state index in [1.54, 1.807) is 24.3 Å². The first-order chi connectivity index (χ1) is 16.4. The molecular weight excluding hydrogens is 458 g/mol. The average Bonchev–Trinajstić information content (AvgIpc) is 3.49. The van der Waals surface area contributed by atoms with Gasteiger partial charge in [-0.15, -0.1) is 0 Å². The molecule has 3 N–H and O–H groups in total. The number of benzene rings is 2. The summed E-state index contributed by atoms with van der Waals surface area (Å²) in [4.78, 5) is 41.9. The Balaban J connectivity index is 1.58. The fourth-order valence-electron chi connectivity index (χ4n) is 5.97. The van der Waals surface area contributed by atoms with Gasteiger partial charge in [-0.2, -0.15) is 0 Å². The van der Waals surface area contributed by atoms with E-state index in [1.165, 1.54) is 11.9 Å². The van der Waals surface area contributed by atoms with Crippen molar-refractivity contribution in [1.29, 1.82) is 0 Å². The van der Waals surface area contributed by atoms with E-state index in [9.17, 15) is 19.5 Å². The van der Waals surface area contributed by atoms with Gasteiger partial charge in [0.1, 0.15) is 11.6 Å². The molecule has 2 bridgehead atoms. The van der Waals surface area contributed by atoms with Gasteiger partial charge in [-0.25, -0.2) is 0 Å². The number of fused-ring (bicyclic) bond motifs is 1. The third-order valence-electron chi connectivity index (χ3n) is 7.34. The predicted octanol–water partition coefficient (Wildman–Crippen LogP) is 2.13. The van der Waals surface area contributed by atoms with E-state index in [1.807, 2.05) is 30.3 Å². The number of ether oxygens (including phenoxy) is 1. The normalized spacial score (nSPS) is 30.2. The van der Waals surface area contributed by atoms with Gasteiger partial charge in [-0.1, -0.05) is 41.9 Å². The number of aliphatic hydroxyl groups excluding tert-OH is 1. The number of halogens is 1. The van der Waals surface area contributed by atoms with Crippen LogP contribution in [0.15, 0.2) is 54.6 Å². The van der Waals surface area contributed by atoms with Crippen LogP contribution in [0.5, 0.6) is 0 Å². The van der Waals surface area contributed by atoms with Crippen molar-refractivity contribution in [1.82, 2.24) is 10.2 Å². The Morgan fingerprint density at radius 1 is 1.18 bits per heavy atom. The summed E-state index contributed by atoms with van der Waals surface area (Å²) in [6, 6.07) is 14.0. The standard InChI is InChI=1S/C25H26ClN3O5/c1-27-22(31)19-18-11-12-25(34-18)20(19)24(33)29(17(13-30)14-5-3-2-4-6-14)21(25)23(32)28-16-9-7-15(26)8-10-16/h2-10,17-21,30H,11-13H2,1H3,(H,27,31)(H,28,32)/t17-,18+,19-,20+,21?,25?/m1/s1. The Hall–Kier alpha value is -2.94. The number of carbonyl (C=O) groups is 3. The number of rotatable bonds is 6. The molecule has 34 heavy (non-hydrogen) atoms. The van der Waals surface area contributed by atoms with Gasteiger partial charge >= 0.3 is 0 Å². The fraction of sp³-hybridized carbons (Fsp3) is 0.400. The number of likely N-dealkylation sites (tertiary alicyclic amines) is 1. The van der Waals surface area contributed by atoms with Crippen LogP contribution in [0.25, 0.3) is 0 Å². The first kappa shape index (κ1) is 22.8. The number of hydrogen-bond donors (Lipinski definition) is 3. The summed E-state index contributed by atoms with van der Waals surface area (Å²) in [6.45, 7) is -0.378. The van der Waals surface area contributed by atoms with Crippen molar-refractivity contribution in [3.63, 3.8) is 0 Å². The second-order valence-corrected chi connectivity index (χ2v) is 9.46. The number of anilines is 1. The largest absolute Gasteiger partial charge is 0.394 e. The molecule has 0 aliphatic carbocycles. The Morgan fingerprint density at radius 2 is 1.88 bits per heavy atom. The summed E-state index contributed by atoms with van der Waals surface area (Å²) >= 11 is 5.98. The number of aliphatic hydroxyl groups is 1. The molecule has 6 atom stereocenters. The fourth-order valence-corrected chi connectivity index (χ4v) is 6.09. The third-order valence-corrected chi connectivity index (χ3v) is 7.59. The maximum atomic E-state index is 13.9. The van der Waals surface area contributed by atoms with E-state index in [-0.39, 0.29) is 18.4 Å². The first-order valence-corrected chi connectivity index (χ1v) is 11.7. The van der Waals surface area contributed by atoms with Crippen LogP contribution in [0.2, 0.25) is 5.02 Å². The van der Waals surface area contributed by atoms with Crippen LogP contribution in [0.4, 0.5) is 5.69 Å². The number of amides is 3. The Bertz CT molecular complexity index is 1110. The monoisotopic (exact) mass is 483 g/mol. The van der Waals surface area contributed by atoms with Crippen molar-refractivity contribution in [2.45, 2.75) is 36.6 Å². The summed E-state index contributed by atoms with van der Waals surface area (Å²) in [7, 11) is 1.53. The van der Waals surface area contributed by atoms with Gasteiger partial charge in [0.2, 0.25) is 17.7 Å². The van der Waals surface area contributed by atoms with Crippen LogP contribution in [0, 0.1) is 11.8 Å². The zero-order valence-electron chi connectivity index (χ0n) is 18.6. The quantitative estimate of drug-likeness (QED) is 0.583. The molecule has 8 nitrogen and oxygen atoms in total. The molecule has 5 rings (SSSR count). The van der Waals surface area contributed by atoms with Crippen molar-refractivity contribution in [3.8, 4) is 0 Å². The summed E-state index contributed by atoms with van der Waals surface area (Å²) in [5.74, 6) is -2.54. The molecule has 3 amide bonds. The van der Waals surface area contributed by atoms with Gasteiger partial charge in [-0.05, 0) is 42.7 Å². The zero-order valence-corrected chi connectivity index (χ0v) is 19.4. The van der Waals surface area contributed by atoms with Crippen LogP contribution >= 0.6 is 11.6 Å². The number of carbonyl (C=O) groups excluding carboxylic acids is 3. The van der Waals surface area contributed by atoms with E-state index >= 15 is 0 Å². The highest BCUT2D eigenvalue weighted by Crippen LogP contribution is 2.59. The number of nitrogens with one attached hydrogen (secondary N) is 2. The van der Waals surface area contributed by atoms with E-state index in [0.29, 0.717) is 29.1 Å². The molecule has 0 saturated carbocycles. The smallest absolute Gasteiger partial charge is 0.250 e. The molecule has 1 spiro atoms. The van der Waals surface area contributed by atoms with Crippen LogP contribution in [0.3, 0.4) is 0 Å². The average molecular weight is 484 g/mol. The van der Waals surface area contributed by atoms with E-state index in [4.69, 9.17) is 16.3 Å². The maximum Gasteiger partial charge on any atom is 0.250 e. The second-order valence-electron chi connectivity index (χ2n) is 9.02. The SMILES string of the molecule is CNC(=O)[C@@H]1[C@@H]2CCC3(O2)C(C(=O)Nc2ccc(Cl)cc2)N([C@H](CO)c2ccccc2)C(=O)[C@H]13. The van der Waals surface area contributed by atoms with E-state index in [2.05, 4.69) is 10.6 Å². The third kappa shape index (κ3) is 3.40. The molecule has 3 saturated heterocycles. The van der Waals surface area contributed by atoms with E-state index in [0.717, 1.165) is 0 Å². The van der Waals surface area contributed by atoms with Crippen molar-refractivity contribution in [2.75, 3.05) is 19.0 Å². The lowest BCUT2D eigenvalue weighted by atomic mass is 9.70. The molecule has 3 heterocycles. The minimum atomic E-state index is -1.14. The van der Waals surface area contributed by atoms with Crippen molar-refractivity contribution in [3.05, 3.63) is 65.2 Å². The van der Waals surface area contributed by atoms with Crippen molar-refractivity contribution < 1.29 is 24.2 Å². The van der Waals surface area contributed by atoms with Crippen LogP contribution in [-0.2, 0) is 19.1 Å². The first-order valence-electron chi connectivity index (χ1n) is 11.3.